The van der Waals surface area contributed by atoms with Gasteiger partial charge in [-0.15, -0.1) is 0 Å². The Morgan fingerprint density at radius 1 is 1.40 bits per heavy atom. The van der Waals surface area contributed by atoms with E-state index in [1.165, 1.54) is 0 Å². The highest BCUT2D eigenvalue weighted by Gasteiger charge is 2.19. The minimum atomic E-state index is 0.161. The third kappa shape index (κ3) is 2.36. The average molecular weight is 206 g/mol. The van der Waals surface area contributed by atoms with E-state index in [0.29, 0.717) is 19.6 Å². The predicted octanol–water partition coefficient (Wildman–Crippen LogP) is 2.06. The molecular formula is C12H14O3. The molecule has 1 aromatic rings. The molecule has 0 aromatic heterocycles. The molecule has 0 bridgehead atoms. The molecule has 1 aliphatic heterocycles. The van der Waals surface area contributed by atoms with Gasteiger partial charge in [0.25, 0.3) is 0 Å². The molecule has 1 saturated heterocycles. The maximum absolute atomic E-state index is 11.4. The second-order valence-electron chi connectivity index (χ2n) is 3.58. The molecule has 3 nitrogen and oxygen atoms in total. The quantitative estimate of drug-likeness (QED) is 0.707. The molecule has 1 aliphatic rings. The van der Waals surface area contributed by atoms with Crippen molar-refractivity contribution in [2.75, 3.05) is 13.2 Å². The maximum atomic E-state index is 11.4. The molecule has 0 aliphatic carbocycles. The number of carbonyl (C=O) groups is 1. The normalized spacial score (nSPS) is 15.8. The topological polar surface area (TPSA) is 35.5 Å². The van der Waals surface area contributed by atoms with Crippen LogP contribution in [-0.4, -0.2) is 25.1 Å². The van der Waals surface area contributed by atoms with E-state index in [2.05, 4.69) is 0 Å². The number of hydrogen-bond acceptors (Lipinski definition) is 3. The van der Waals surface area contributed by atoms with Crippen LogP contribution in [0.5, 0.6) is 5.75 Å². The zero-order chi connectivity index (χ0) is 10.7. The maximum Gasteiger partial charge on any atom is 0.162 e. The lowest BCUT2D eigenvalue weighted by Crippen LogP contribution is -2.38. The molecule has 0 unspecified atom stereocenters. The van der Waals surface area contributed by atoms with Crippen molar-refractivity contribution in [3.63, 3.8) is 0 Å². The van der Waals surface area contributed by atoms with Crippen LogP contribution in [0.15, 0.2) is 24.3 Å². The fraction of sp³-hybridized carbons (Fsp3) is 0.417. The predicted molar refractivity (Wildman–Crippen MR) is 56.3 cm³/mol. The molecule has 2 rings (SSSR count). The second-order valence-corrected chi connectivity index (χ2v) is 3.58. The first kappa shape index (κ1) is 10.2. The molecule has 1 aromatic carbocycles. The summed E-state index contributed by atoms with van der Waals surface area (Å²) in [6, 6.07) is 7.28. The van der Waals surface area contributed by atoms with Crippen LogP contribution in [0.3, 0.4) is 0 Å². The summed E-state index contributed by atoms with van der Waals surface area (Å²) < 4.78 is 10.6. The van der Waals surface area contributed by atoms with Crippen LogP contribution in [0.4, 0.5) is 0 Å². The fourth-order valence-electron chi connectivity index (χ4n) is 1.40. The van der Waals surface area contributed by atoms with Crippen LogP contribution in [0, 0.1) is 0 Å². The van der Waals surface area contributed by atoms with Gasteiger partial charge in [-0.3, -0.25) is 4.79 Å². The summed E-state index contributed by atoms with van der Waals surface area (Å²) in [5, 5.41) is 0. The molecule has 0 spiro atoms. The molecule has 1 fully saturated rings. The Bertz CT molecular complexity index is 338. The van der Waals surface area contributed by atoms with Crippen molar-refractivity contribution in [1.29, 1.82) is 0 Å². The van der Waals surface area contributed by atoms with Gasteiger partial charge in [0, 0.05) is 12.0 Å². The zero-order valence-corrected chi connectivity index (χ0v) is 8.73. The van der Waals surface area contributed by atoms with Crippen molar-refractivity contribution >= 4 is 5.78 Å². The van der Waals surface area contributed by atoms with Crippen LogP contribution in [-0.2, 0) is 4.74 Å². The number of Topliss-reactive ketones (excluding diaryl/α,β-unsaturated/α-hetero) is 1. The molecule has 0 N–H and O–H groups in total. The Labute approximate surface area is 89.0 Å². The van der Waals surface area contributed by atoms with E-state index in [4.69, 9.17) is 9.47 Å². The summed E-state index contributed by atoms with van der Waals surface area (Å²) in [5.74, 6) is 0.962. The first-order valence-corrected chi connectivity index (χ1v) is 5.17. The highest BCUT2D eigenvalue weighted by Crippen LogP contribution is 2.17. The third-order valence-corrected chi connectivity index (χ3v) is 2.41. The Kier molecular flexibility index (Phi) is 3.02. The van der Waals surface area contributed by atoms with Gasteiger partial charge in [0.2, 0.25) is 0 Å². The number of rotatable bonds is 4. The second kappa shape index (κ2) is 4.45. The highest BCUT2D eigenvalue weighted by atomic mass is 16.6. The minimum Gasteiger partial charge on any atom is -0.486 e. The van der Waals surface area contributed by atoms with E-state index in [0.717, 1.165) is 11.3 Å². The lowest BCUT2D eigenvalue weighted by Gasteiger charge is -2.26. The van der Waals surface area contributed by atoms with E-state index >= 15 is 0 Å². The number of carbonyl (C=O) groups excluding carboxylic acids is 1. The van der Waals surface area contributed by atoms with Gasteiger partial charge in [0.05, 0.1) is 13.2 Å². The summed E-state index contributed by atoms with van der Waals surface area (Å²) in [5.41, 5.74) is 0.745. The van der Waals surface area contributed by atoms with Crippen LogP contribution in [0.25, 0.3) is 0 Å². The summed E-state index contributed by atoms with van der Waals surface area (Å²) in [4.78, 5) is 11.4. The van der Waals surface area contributed by atoms with E-state index in [1.807, 2.05) is 19.1 Å². The first-order valence-electron chi connectivity index (χ1n) is 5.17. The van der Waals surface area contributed by atoms with Crippen molar-refractivity contribution in [2.45, 2.75) is 19.4 Å². The van der Waals surface area contributed by atoms with E-state index < -0.39 is 0 Å². The molecule has 3 heteroatoms. The van der Waals surface area contributed by atoms with Crippen LogP contribution in [0.2, 0.25) is 0 Å². The van der Waals surface area contributed by atoms with Crippen molar-refractivity contribution in [1.82, 2.24) is 0 Å². The number of hydrogen-bond donors (Lipinski definition) is 0. The molecule has 15 heavy (non-hydrogen) atoms. The van der Waals surface area contributed by atoms with Gasteiger partial charge < -0.3 is 9.47 Å². The first-order chi connectivity index (χ1) is 7.29. The van der Waals surface area contributed by atoms with Crippen LogP contribution >= 0.6 is 0 Å². The monoisotopic (exact) mass is 206 g/mol. The summed E-state index contributed by atoms with van der Waals surface area (Å²) in [6.07, 6.45) is 0.717. The van der Waals surface area contributed by atoms with Gasteiger partial charge in [0.15, 0.2) is 5.78 Å². The number of ketones is 1. The minimum absolute atomic E-state index is 0.161. The van der Waals surface area contributed by atoms with Crippen molar-refractivity contribution in [2.24, 2.45) is 0 Å². The van der Waals surface area contributed by atoms with E-state index in [9.17, 15) is 4.79 Å². The molecule has 1 heterocycles. The molecular weight excluding hydrogens is 192 g/mol. The number of ether oxygens (including phenoxy) is 2. The zero-order valence-electron chi connectivity index (χ0n) is 8.73. The van der Waals surface area contributed by atoms with Gasteiger partial charge in [-0.05, 0) is 24.3 Å². The van der Waals surface area contributed by atoms with Crippen LogP contribution in [0.1, 0.15) is 23.7 Å². The molecule has 0 amide bonds. The molecule has 0 saturated carbocycles. The average Bonchev–Trinajstić information content (AvgIpc) is 2.23. The standard InChI is InChI=1S/C12H14O3/c1-2-12(13)9-3-5-10(6-4-9)15-11-7-14-8-11/h3-6,11H,2,7-8H2,1H3. The van der Waals surface area contributed by atoms with Gasteiger partial charge in [-0.25, -0.2) is 0 Å². The Morgan fingerprint density at radius 2 is 2.07 bits per heavy atom. The lowest BCUT2D eigenvalue weighted by molar-refractivity contribution is -0.0796. The smallest absolute Gasteiger partial charge is 0.162 e. The van der Waals surface area contributed by atoms with Crippen molar-refractivity contribution < 1.29 is 14.3 Å². The van der Waals surface area contributed by atoms with Crippen molar-refractivity contribution in [3.8, 4) is 5.75 Å². The summed E-state index contributed by atoms with van der Waals surface area (Å²) >= 11 is 0. The molecule has 0 atom stereocenters. The fourth-order valence-corrected chi connectivity index (χ4v) is 1.40. The largest absolute Gasteiger partial charge is 0.486 e. The Morgan fingerprint density at radius 3 is 2.53 bits per heavy atom. The summed E-state index contributed by atoms with van der Waals surface area (Å²) in [6.45, 7) is 3.18. The molecule has 0 radical (unpaired) electrons. The van der Waals surface area contributed by atoms with Gasteiger partial charge in [-0.2, -0.15) is 0 Å². The van der Waals surface area contributed by atoms with E-state index in [-0.39, 0.29) is 11.9 Å². The van der Waals surface area contributed by atoms with E-state index in [1.54, 1.807) is 12.1 Å². The van der Waals surface area contributed by atoms with Gasteiger partial charge in [0.1, 0.15) is 11.9 Å². The Balaban J connectivity index is 1.99. The van der Waals surface area contributed by atoms with Crippen LogP contribution < -0.4 is 4.74 Å². The highest BCUT2D eigenvalue weighted by molar-refractivity contribution is 5.95. The van der Waals surface area contributed by atoms with Crippen molar-refractivity contribution in [3.05, 3.63) is 29.8 Å². The SMILES string of the molecule is CCC(=O)c1ccc(OC2COC2)cc1. The van der Waals surface area contributed by atoms with Gasteiger partial charge in [-0.1, -0.05) is 6.92 Å². The number of benzene rings is 1. The lowest BCUT2D eigenvalue weighted by atomic mass is 10.1. The Hall–Kier alpha value is -1.35. The van der Waals surface area contributed by atoms with Gasteiger partial charge >= 0.3 is 0 Å². The molecule has 80 valence electrons. The third-order valence-electron chi connectivity index (χ3n) is 2.41. The summed E-state index contributed by atoms with van der Waals surface area (Å²) in [7, 11) is 0.